The molecule has 2 aromatic rings. The number of ether oxygens (including phenoxy) is 2. The SMILES string of the molecule is COc1cc2c(cc1OC)C(NC(=O)CCc1cccs1)CC2. The van der Waals surface area contributed by atoms with Crippen molar-refractivity contribution in [2.75, 3.05) is 14.2 Å². The van der Waals surface area contributed by atoms with Crippen molar-refractivity contribution < 1.29 is 14.3 Å². The minimum atomic E-state index is 0.0700. The molecular weight excluding hydrogens is 310 g/mol. The number of rotatable bonds is 6. The van der Waals surface area contributed by atoms with E-state index in [9.17, 15) is 4.79 Å². The first-order valence-electron chi connectivity index (χ1n) is 7.77. The van der Waals surface area contributed by atoms with Crippen molar-refractivity contribution in [1.82, 2.24) is 5.32 Å². The van der Waals surface area contributed by atoms with Crippen molar-refractivity contribution >= 4 is 17.2 Å². The average molecular weight is 331 g/mol. The molecule has 1 unspecified atom stereocenters. The monoisotopic (exact) mass is 331 g/mol. The predicted molar refractivity (Wildman–Crippen MR) is 91.4 cm³/mol. The molecule has 1 N–H and O–H groups in total. The summed E-state index contributed by atoms with van der Waals surface area (Å²) in [5.41, 5.74) is 2.37. The lowest BCUT2D eigenvalue weighted by Crippen LogP contribution is -2.27. The van der Waals surface area contributed by atoms with E-state index in [4.69, 9.17) is 9.47 Å². The number of hydrogen-bond acceptors (Lipinski definition) is 4. The second-order valence-corrected chi connectivity index (χ2v) is 6.68. The first kappa shape index (κ1) is 15.9. The van der Waals surface area contributed by atoms with E-state index >= 15 is 0 Å². The van der Waals surface area contributed by atoms with E-state index in [2.05, 4.69) is 11.4 Å². The second kappa shape index (κ2) is 7.04. The van der Waals surface area contributed by atoms with Crippen molar-refractivity contribution in [2.24, 2.45) is 0 Å². The number of carbonyl (C=O) groups excluding carboxylic acids is 1. The van der Waals surface area contributed by atoms with Gasteiger partial charge in [0.1, 0.15) is 0 Å². The van der Waals surface area contributed by atoms with Gasteiger partial charge in [-0.15, -0.1) is 11.3 Å². The van der Waals surface area contributed by atoms with Gasteiger partial charge in [-0.25, -0.2) is 0 Å². The molecular formula is C18H21NO3S. The summed E-state index contributed by atoms with van der Waals surface area (Å²) in [6.45, 7) is 0. The minimum Gasteiger partial charge on any atom is -0.493 e. The van der Waals surface area contributed by atoms with Gasteiger partial charge in [-0.1, -0.05) is 6.07 Å². The molecule has 0 spiro atoms. The quantitative estimate of drug-likeness (QED) is 0.881. The van der Waals surface area contributed by atoms with Crippen LogP contribution in [-0.4, -0.2) is 20.1 Å². The van der Waals surface area contributed by atoms with Gasteiger partial charge in [0, 0.05) is 11.3 Å². The van der Waals surface area contributed by atoms with Crippen LogP contribution >= 0.6 is 11.3 Å². The van der Waals surface area contributed by atoms with Crippen molar-refractivity contribution in [2.45, 2.75) is 31.7 Å². The van der Waals surface area contributed by atoms with Crippen LogP contribution in [0, 0.1) is 0 Å². The fourth-order valence-corrected chi connectivity index (χ4v) is 3.75. The van der Waals surface area contributed by atoms with E-state index in [1.165, 1.54) is 10.4 Å². The standard InChI is InChI=1S/C18H21NO3S/c1-21-16-10-12-5-7-15(14(12)11-17(16)22-2)19-18(20)8-6-13-4-3-9-23-13/h3-4,9-11,15H,5-8H2,1-2H3,(H,19,20). The van der Waals surface area contributed by atoms with E-state index in [0.29, 0.717) is 12.2 Å². The van der Waals surface area contributed by atoms with Crippen molar-refractivity contribution in [3.8, 4) is 11.5 Å². The summed E-state index contributed by atoms with van der Waals surface area (Å²) in [5.74, 6) is 1.56. The van der Waals surface area contributed by atoms with Gasteiger partial charge in [0.2, 0.25) is 5.91 Å². The summed E-state index contributed by atoms with van der Waals surface area (Å²) in [7, 11) is 3.27. The normalized spacial score (nSPS) is 16.0. The maximum atomic E-state index is 12.2. The van der Waals surface area contributed by atoms with Gasteiger partial charge in [0.15, 0.2) is 11.5 Å². The van der Waals surface area contributed by atoms with Crippen LogP contribution in [0.4, 0.5) is 0 Å². The van der Waals surface area contributed by atoms with Gasteiger partial charge < -0.3 is 14.8 Å². The molecule has 4 nitrogen and oxygen atoms in total. The number of thiophene rings is 1. The van der Waals surface area contributed by atoms with E-state index in [1.807, 2.05) is 23.6 Å². The molecule has 0 radical (unpaired) electrons. The van der Waals surface area contributed by atoms with Crippen LogP contribution in [0.3, 0.4) is 0 Å². The molecule has 23 heavy (non-hydrogen) atoms. The molecule has 0 bridgehead atoms. The van der Waals surface area contributed by atoms with Crippen LogP contribution in [-0.2, 0) is 17.6 Å². The van der Waals surface area contributed by atoms with E-state index in [-0.39, 0.29) is 11.9 Å². The topological polar surface area (TPSA) is 47.6 Å². The molecule has 1 amide bonds. The number of hydrogen-bond donors (Lipinski definition) is 1. The number of carbonyl (C=O) groups is 1. The summed E-state index contributed by atoms with van der Waals surface area (Å²) in [6, 6.07) is 8.17. The van der Waals surface area contributed by atoms with Crippen LogP contribution in [0.1, 0.15) is 34.9 Å². The van der Waals surface area contributed by atoms with E-state index in [0.717, 1.165) is 30.6 Å². The summed E-state index contributed by atoms with van der Waals surface area (Å²) < 4.78 is 10.7. The van der Waals surface area contributed by atoms with Crippen LogP contribution < -0.4 is 14.8 Å². The summed E-state index contributed by atoms with van der Waals surface area (Å²) in [4.78, 5) is 13.5. The number of methoxy groups -OCH3 is 2. The van der Waals surface area contributed by atoms with Gasteiger partial charge in [-0.05, 0) is 54.0 Å². The highest BCUT2D eigenvalue weighted by molar-refractivity contribution is 7.09. The Bertz CT molecular complexity index is 682. The molecule has 0 aliphatic heterocycles. The molecule has 1 aliphatic carbocycles. The number of aryl methyl sites for hydroxylation is 2. The molecule has 1 aromatic carbocycles. The van der Waals surface area contributed by atoms with Crippen LogP contribution in [0.2, 0.25) is 0 Å². The van der Waals surface area contributed by atoms with Crippen LogP contribution in [0.15, 0.2) is 29.6 Å². The van der Waals surface area contributed by atoms with E-state index in [1.54, 1.807) is 25.6 Å². The minimum absolute atomic E-state index is 0.0700. The highest BCUT2D eigenvalue weighted by atomic mass is 32.1. The van der Waals surface area contributed by atoms with Crippen LogP contribution in [0.25, 0.3) is 0 Å². The second-order valence-electron chi connectivity index (χ2n) is 5.64. The van der Waals surface area contributed by atoms with Gasteiger partial charge in [0.05, 0.1) is 20.3 Å². The average Bonchev–Trinajstić information content (AvgIpc) is 3.21. The summed E-state index contributed by atoms with van der Waals surface area (Å²) in [6.07, 6.45) is 3.20. The third-order valence-electron chi connectivity index (χ3n) is 4.24. The Balaban J connectivity index is 1.66. The largest absolute Gasteiger partial charge is 0.493 e. The zero-order valence-electron chi connectivity index (χ0n) is 13.4. The lowest BCUT2D eigenvalue weighted by molar-refractivity contribution is -0.121. The molecule has 3 rings (SSSR count). The summed E-state index contributed by atoms with van der Waals surface area (Å²) in [5, 5.41) is 5.20. The van der Waals surface area contributed by atoms with Gasteiger partial charge in [-0.2, -0.15) is 0 Å². The number of benzene rings is 1. The van der Waals surface area contributed by atoms with Crippen molar-refractivity contribution in [3.63, 3.8) is 0 Å². The smallest absolute Gasteiger partial charge is 0.220 e. The lowest BCUT2D eigenvalue weighted by atomic mass is 10.1. The Labute approximate surface area is 140 Å². The number of nitrogens with one attached hydrogen (secondary N) is 1. The maximum Gasteiger partial charge on any atom is 0.220 e. The molecule has 0 fully saturated rings. The fraction of sp³-hybridized carbons (Fsp3) is 0.389. The van der Waals surface area contributed by atoms with Crippen molar-refractivity contribution in [3.05, 3.63) is 45.6 Å². The first-order chi connectivity index (χ1) is 11.2. The zero-order valence-corrected chi connectivity index (χ0v) is 14.2. The van der Waals surface area contributed by atoms with Crippen LogP contribution in [0.5, 0.6) is 11.5 Å². The lowest BCUT2D eigenvalue weighted by Gasteiger charge is -2.16. The molecule has 0 saturated carbocycles. The third kappa shape index (κ3) is 3.50. The number of amides is 1. The Morgan fingerprint density at radius 2 is 2.09 bits per heavy atom. The molecule has 1 heterocycles. The maximum absolute atomic E-state index is 12.2. The highest BCUT2D eigenvalue weighted by Crippen LogP contribution is 2.39. The van der Waals surface area contributed by atoms with Gasteiger partial charge in [0.25, 0.3) is 0 Å². The third-order valence-corrected chi connectivity index (χ3v) is 5.17. The molecule has 1 atom stereocenters. The predicted octanol–water partition coefficient (Wildman–Crippen LogP) is 3.50. The molecule has 5 heteroatoms. The Hall–Kier alpha value is -2.01. The van der Waals surface area contributed by atoms with Gasteiger partial charge in [-0.3, -0.25) is 4.79 Å². The van der Waals surface area contributed by atoms with Crippen molar-refractivity contribution in [1.29, 1.82) is 0 Å². The molecule has 1 aromatic heterocycles. The Morgan fingerprint density at radius 3 is 2.78 bits per heavy atom. The Morgan fingerprint density at radius 1 is 1.30 bits per heavy atom. The molecule has 1 aliphatic rings. The molecule has 122 valence electrons. The summed E-state index contributed by atoms with van der Waals surface area (Å²) >= 11 is 1.69. The van der Waals surface area contributed by atoms with E-state index < -0.39 is 0 Å². The highest BCUT2D eigenvalue weighted by Gasteiger charge is 2.26. The number of fused-ring (bicyclic) bond motifs is 1. The van der Waals surface area contributed by atoms with Gasteiger partial charge >= 0.3 is 0 Å². The first-order valence-corrected chi connectivity index (χ1v) is 8.65. The zero-order chi connectivity index (χ0) is 16.2. The molecule has 0 saturated heterocycles. The fourth-order valence-electron chi connectivity index (χ4n) is 3.04. The Kier molecular flexibility index (Phi) is 4.86.